The van der Waals surface area contributed by atoms with Gasteiger partial charge < -0.3 is 0 Å². The van der Waals surface area contributed by atoms with E-state index in [0.717, 1.165) is 45.0 Å². The molecular weight excluding hydrogens is 226 g/mol. The van der Waals surface area contributed by atoms with Gasteiger partial charge in [0.15, 0.2) is 0 Å². The Labute approximate surface area is 109 Å². The third-order valence-electron chi connectivity index (χ3n) is 2.80. The largest absolute Gasteiger partial charge is 0.284 e. The first-order valence-corrected chi connectivity index (χ1v) is 6.55. The fourth-order valence-electron chi connectivity index (χ4n) is 1.89. The van der Waals surface area contributed by atoms with Crippen LogP contribution < -0.4 is 0 Å². The van der Waals surface area contributed by atoms with Gasteiger partial charge in [-0.25, -0.2) is 0 Å². The highest BCUT2D eigenvalue weighted by atomic mass is 15.4. The molecule has 1 heterocycles. The molecule has 0 saturated carbocycles. The number of guanidine groups is 1. The normalized spacial score (nSPS) is 16.0. The number of nitrogens with zero attached hydrogens (tertiary/aromatic N) is 5. The summed E-state index contributed by atoms with van der Waals surface area (Å²) in [5, 5.41) is 3.83. The van der Waals surface area contributed by atoms with Crippen LogP contribution in [0.3, 0.4) is 0 Å². The highest BCUT2D eigenvalue weighted by Crippen LogP contribution is 2.04. The van der Waals surface area contributed by atoms with E-state index in [1.54, 1.807) is 0 Å². The second-order valence-corrected chi connectivity index (χ2v) is 4.14. The quantitative estimate of drug-likeness (QED) is 0.234. The summed E-state index contributed by atoms with van der Waals surface area (Å²) < 4.78 is 2.12. The highest BCUT2D eigenvalue weighted by Gasteiger charge is 2.24. The molecule has 0 aliphatic carbocycles. The molecule has 0 N–H and O–H groups in total. The van der Waals surface area contributed by atoms with E-state index in [9.17, 15) is 0 Å². The van der Waals surface area contributed by atoms with Crippen LogP contribution in [0.5, 0.6) is 0 Å². The van der Waals surface area contributed by atoms with Gasteiger partial charge in [-0.3, -0.25) is 9.48 Å². The molecule has 0 radical (unpaired) electrons. The van der Waals surface area contributed by atoms with Crippen molar-refractivity contribution in [2.75, 3.05) is 26.2 Å². The second kappa shape index (κ2) is 8.37. The van der Waals surface area contributed by atoms with E-state index >= 15 is 0 Å². The molecule has 0 saturated heterocycles. The smallest absolute Gasteiger partial charge is 0.283 e. The summed E-state index contributed by atoms with van der Waals surface area (Å²) in [7, 11) is 0. The molecule has 0 unspecified atom stereocenters. The van der Waals surface area contributed by atoms with Crippen molar-refractivity contribution in [3.63, 3.8) is 0 Å². The molecule has 1 aliphatic rings. The van der Waals surface area contributed by atoms with E-state index < -0.39 is 0 Å². The zero-order valence-corrected chi connectivity index (χ0v) is 11.3. The number of rotatable bonds is 6. The number of azide groups is 1. The second-order valence-electron chi connectivity index (χ2n) is 4.14. The molecule has 1 rings (SSSR count). The van der Waals surface area contributed by atoms with Crippen LogP contribution in [0, 0.1) is 0 Å². The van der Waals surface area contributed by atoms with Crippen LogP contribution in [0.2, 0.25) is 0 Å². The standard InChI is InChI=1S/C13H22N5/c1-3-5-7-9-17-11-12-18(10-8-6-4-2)13(17)15-16-14/h5-8H,3-4,9-12H2,1-2H3/q+1/b7-5-,8-6-. The summed E-state index contributed by atoms with van der Waals surface area (Å²) in [6.07, 6.45) is 10.6. The highest BCUT2D eigenvalue weighted by molar-refractivity contribution is 5.77. The predicted molar refractivity (Wildman–Crippen MR) is 74.6 cm³/mol. The van der Waals surface area contributed by atoms with E-state index in [2.05, 4.69) is 57.7 Å². The third kappa shape index (κ3) is 4.26. The van der Waals surface area contributed by atoms with Gasteiger partial charge in [0.1, 0.15) is 0 Å². The average Bonchev–Trinajstić information content (AvgIpc) is 2.74. The maximum atomic E-state index is 8.65. The summed E-state index contributed by atoms with van der Waals surface area (Å²) in [5.41, 5.74) is 8.65. The van der Waals surface area contributed by atoms with Crippen molar-refractivity contribution in [3.8, 4) is 0 Å². The van der Waals surface area contributed by atoms with Crippen LogP contribution in [0.1, 0.15) is 26.7 Å². The lowest BCUT2D eigenvalue weighted by atomic mass is 10.4. The Morgan fingerprint density at radius 1 is 1.28 bits per heavy atom. The minimum Gasteiger partial charge on any atom is -0.284 e. The summed E-state index contributed by atoms with van der Waals surface area (Å²) in [4.78, 5) is 5.05. The molecule has 0 atom stereocenters. The van der Waals surface area contributed by atoms with Crippen molar-refractivity contribution >= 4 is 5.96 Å². The minimum absolute atomic E-state index is 0.749. The monoisotopic (exact) mass is 248 g/mol. The molecule has 0 aromatic carbocycles. The van der Waals surface area contributed by atoms with Crippen molar-refractivity contribution in [2.24, 2.45) is 5.11 Å². The van der Waals surface area contributed by atoms with Crippen LogP contribution in [0.4, 0.5) is 0 Å². The molecule has 18 heavy (non-hydrogen) atoms. The number of allylic oxidation sites excluding steroid dienone is 2. The lowest BCUT2D eigenvalue weighted by molar-refractivity contribution is -0.508. The molecule has 0 fully saturated rings. The molecule has 1 aliphatic heterocycles. The molecule has 0 spiro atoms. The van der Waals surface area contributed by atoms with Gasteiger partial charge in [0, 0.05) is 10.0 Å². The van der Waals surface area contributed by atoms with Crippen LogP contribution in [-0.4, -0.2) is 41.6 Å². The Balaban J connectivity index is 2.73. The molecule has 5 nitrogen and oxygen atoms in total. The Morgan fingerprint density at radius 3 is 2.67 bits per heavy atom. The van der Waals surface area contributed by atoms with Crippen molar-refractivity contribution in [1.82, 2.24) is 4.90 Å². The van der Waals surface area contributed by atoms with Gasteiger partial charge >= 0.3 is 0 Å². The molecule has 0 aromatic rings. The van der Waals surface area contributed by atoms with E-state index in [4.69, 9.17) is 5.53 Å². The fourth-order valence-corrected chi connectivity index (χ4v) is 1.89. The van der Waals surface area contributed by atoms with Crippen molar-refractivity contribution in [2.45, 2.75) is 26.7 Å². The summed E-state index contributed by atoms with van der Waals surface area (Å²) in [5.74, 6) is 0.749. The van der Waals surface area contributed by atoms with Gasteiger partial charge in [0.05, 0.1) is 26.2 Å². The Morgan fingerprint density at radius 2 is 2.00 bits per heavy atom. The van der Waals surface area contributed by atoms with Gasteiger partial charge in [0.2, 0.25) is 0 Å². The van der Waals surface area contributed by atoms with Gasteiger partial charge in [-0.05, 0) is 18.4 Å². The lowest BCUT2D eigenvalue weighted by Crippen LogP contribution is -2.27. The Bertz CT molecular complexity index is 388. The van der Waals surface area contributed by atoms with Crippen molar-refractivity contribution < 1.29 is 4.58 Å². The SMILES string of the molecule is CC/C=C\CN1CC[N+](C/C=C\CC)=C1N=[N+]=[N-]. The van der Waals surface area contributed by atoms with Gasteiger partial charge in [-0.15, -0.1) is 0 Å². The Hall–Kier alpha value is -1.74. The predicted octanol–water partition coefficient (Wildman–Crippen LogP) is 2.91. The van der Waals surface area contributed by atoms with Gasteiger partial charge in [-0.1, -0.05) is 38.2 Å². The summed E-state index contributed by atoms with van der Waals surface area (Å²) in [6.45, 7) is 7.69. The zero-order chi connectivity index (χ0) is 13.2. The van der Waals surface area contributed by atoms with E-state index in [0.29, 0.717) is 0 Å². The Kier molecular flexibility index (Phi) is 6.66. The zero-order valence-electron chi connectivity index (χ0n) is 11.3. The van der Waals surface area contributed by atoms with Crippen molar-refractivity contribution in [1.29, 1.82) is 0 Å². The van der Waals surface area contributed by atoms with Crippen LogP contribution in [-0.2, 0) is 0 Å². The molecule has 0 bridgehead atoms. The average molecular weight is 248 g/mol. The first-order valence-electron chi connectivity index (χ1n) is 6.55. The van der Waals surface area contributed by atoms with Crippen LogP contribution in [0.25, 0.3) is 10.4 Å². The topological polar surface area (TPSA) is 55.0 Å². The first kappa shape index (κ1) is 14.3. The van der Waals surface area contributed by atoms with Gasteiger partial charge in [0.25, 0.3) is 5.96 Å². The summed E-state index contributed by atoms with van der Waals surface area (Å²) >= 11 is 0. The summed E-state index contributed by atoms with van der Waals surface area (Å²) in [6, 6.07) is 0. The van der Waals surface area contributed by atoms with E-state index in [-0.39, 0.29) is 0 Å². The number of hydrogen-bond acceptors (Lipinski definition) is 2. The third-order valence-corrected chi connectivity index (χ3v) is 2.80. The van der Waals surface area contributed by atoms with E-state index in [1.807, 2.05) is 0 Å². The molecule has 0 amide bonds. The first-order chi connectivity index (χ1) is 8.83. The lowest BCUT2D eigenvalue weighted by Gasteiger charge is -2.09. The molecule has 0 aromatic heterocycles. The molecule has 5 heteroatoms. The maximum Gasteiger partial charge on any atom is 0.283 e. The van der Waals surface area contributed by atoms with Crippen molar-refractivity contribution in [3.05, 3.63) is 34.7 Å². The molecule has 98 valence electrons. The van der Waals surface area contributed by atoms with Gasteiger partial charge in [-0.2, -0.15) is 0 Å². The maximum absolute atomic E-state index is 8.65. The van der Waals surface area contributed by atoms with E-state index in [1.165, 1.54) is 0 Å². The van der Waals surface area contributed by atoms with Crippen LogP contribution in [0.15, 0.2) is 29.4 Å². The van der Waals surface area contributed by atoms with Crippen LogP contribution >= 0.6 is 0 Å². The number of hydrogen-bond donors (Lipinski definition) is 0. The molecular formula is C13H22N5+. The fraction of sp³-hybridized carbons (Fsp3) is 0.615. The minimum atomic E-state index is 0.749.